The quantitative estimate of drug-likeness (QED) is 0.693. The van der Waals surface area contributed by atoms with Gasteiger partial charge in [0, 0.05) is 6.61 Å². The molecule has 3 rings (SSSR count). The van der Waals surface area contributed by atoms with E-state index < -0.39 is 5.97 Å². The topological polar surface area (TPSA) is 124 Å². The fraction of sp³-hybridized carbons (Fsp3) is 0.450. The molecule has 0 saturated carbocycles. The van der Waals surface area contributed by atoms with Gasteiger partial charge in [0.2, 0.25) is 5.91 Å². The van der Waals surface area contributed by atoms with E-state index in [0.29, 0.717) is 35.4 Å². The summed E-state index contributed by atoms with van der Waals surface area (Å²) in [5.74, 6) is -0.902. The Bertz CT molecular complexity index is 914. The molecule has 2 aromatic rings. The number of benzene rings is 1. The highest BCUT2D eigenvalue weighted by molar-refractivity contribution is 6.06. The molecule has 1 aliphatic heterocycles. The van der Waals surface area contributed by atoms with Crippen LogP contribution in [0.1, 0.15) is 36.3 Å². The molecule has 1 saturated heterocycles. The number of pyridine rings is 1. The molecule has 2 heterocycles. The van der Waals surface area contributed by atoms with Crippen molar-refractivity contribution in [3.63, 3.8) is 0 Å². The van der Waals surface area contributed by atoms with Crippen LogP contribution in [0.15, 0.2) is 18.2 Å². The van der Waals surface area contributed by atoms with Gasteiger partial charge in [-0.15, -0.1) is 0 Å². The van der Waals surface area contributed by atoms with E-state index in [1.165, 1.54) is 0 Å². The molecule has 8 nitrogen and oxygen atoms in total. The number of fused-ring (bicyclic) bond motifs is 1. The number of hydrogen-bond donors (Lipinski definition) is 3. The molecule has 3 unspecified atom stereocenters. The summed E-state index contributed by atoms with van der Waals surface area (Å²) in [5.41, 5.74) is 7.13. The zero-order valence-electron chi connectivity index (χ0n) is 16.2. The monoisotopic (exact) mass is 387 g/mol. The minimum atomic E-state index is -1.13. The standard InChI is InChI=1S/C20H25N3O5/c1-10(22-19(24)13-7-8-27-12(13)3)9-28-15-6-4-5-14-17(15)18(21)16(20(25)26)11(2)23-14/h4-6,10,12-13H,7-9H2,1-3H3,(H2,21,23)(H,22,24)(H,25,26). The van der Waals surface area contributed by atoms with Gasteiger partial charge in [0.1, 0.15) is 17.9 Å². The first-order valence-electron chi connectivity index (χ1n) is 9.26. The van der Waals surface area contributed by atoms with Gasteiger partial charge in [-0.05, 0) is 39.3 Å². The molecule has 0 spiro atoms. The molecule has 1 aromatic carbocycles. The summed E-state index contributed by atoms with van der Waals surface area (Å²) in [6.07, 6.45) is 0.624. The number of anilines is 1. The molecule has 4 N–H and O–H groups in total. The van der Waals surface area contributed by atoms with Crippen LogP contribution in [0, 0.1) is 12.8 Å². The second-order valence-electron chi connectivity index (χ2n) is 7.13. The molecule has 3 atom stereocenters. The van der Waals surface area contributed by atoms with E-state index in [1.807, 2.05) is 13.8 Å². The molecular formula is C20H25N3O5. The zero-order chi connectivity index (χ0) is 20.4. The van der Waals surface area contributed by atoms with E-state index in [-0.39, 0.29) is 41.8 Å². The number of aromatic carboxylic acids is 1. The van der Waals surface area contributed by atoms with Gasteiger partial charge >= 0.3 is 5.97 Å². The van der Waals surface area contributed by atoms with E-state index in [9.17, 15) is 14.7 Å². The average molecular weight is 387 g/mol. The Labute approximate surface area is 163 Å². The highest BCUT2D eigenvalue weighted by atomic mass is 16.5. The van der Waals surface area contributed by atoms with Crippen LogP contribution in [0.5, 0.6) is 5.75 Å². The van der Waals surface area contributed by atoms with Crippen molar-refractivity contribution in [3.8, 4) is 5.75 Å². The minimum Gasteiger partial charge on any atom is -0.491 e. The first-order valence-corrected chi connectivity index (χ1v) is 9.26. The molecule has 28 heavy (non-hydrogen) atoms. The van der Waals surface area contributed by atoms with Crippen molar-refractivity contribution in [2.24, 2.45) is 5.92 Å². The van der Waals surface area contributed by atoms with Gasteiger partial charge in [-0.25, -0.2) is 4.79 Å². The van der Waals surface area contributed by atoms with Crippen LogP contribution in [0.4, 0.5) is 5.69 Å². The van der Waals surface area contributed by atoms with Crippen LogP contribution >= 0.6 is 0 Å². The van der Waals surface area contributed by atoms with E-state index in [2.05, 4.69) is 10.3 Å². The number of amides is 1. The average Bonchev–Trinajstić information content (AvgIpc) is 3.05. The maximum absolute atomic E-state index is 12.4. The number of aryl methyl sites for hydroxylation is 1. The lowest BCUT2D eigenvalue weighted by molar-refractivity contribution is -0.127. The smallest absolute Gasteiger partial charge is 0.339 e. The maximum Gasteiger partial charge on any atom is 0.339 e. The lowest BCUT2D eigenvalue weighted by Crippen LogP contribution is -2.42. The number of carbonyl (C=O) groups is 2. The van der Waals surface area contributed by atoms with Crippen molar-refractivity contribution in [2.45, 2.75) is 39.3 Å². The summed E-state index contributed by atoms with van der Waals surface area (Å²) in [7, 11) is 0. The first-order chi connectivity index (χ1) is 13.3. The fourth-order valence-corrected chi connectivity index (χ4v) is 3.51. The number of nitrogen functional groups attached to an aromatic ring is 1. The van der Waals surface area contributed by atoms with Crippen molar-refractivity contribution >= 4 is 28.5 Å². The van der Waals surface area contributed by atoms with Gasteiger partial charge in [-0.1, -0.05) is 6.07 Å². The van der Waals surface area contributed by atoms with Gasteiger partial charge in [-0.3, -0.25) is 9.78 Å². The van der Waals surface area contributed by atoms with Crippen LogP contribution in [-0.4, -0.2) is 47.3 Å². The number of carbonyl (C=O) groups excluding carboxylic acids is 1. The summed E-state index contributed by atoms with van der Waals surface area (Å²) in [6.45, 7) is 6.16. The third-order valence-corrected chi connectivity index (χ3v) is 5.00. The largest absolute Gasteiger partial charge is 0.491 e. The highest BCUT2D eigenvalue weighted by Crippen LogP contribution is 2.33. The maximum atomic E-state index is 12.4. The fourth-order valence-electron chi connectivity index (χ4n) is 3.51. The first kappa shape index (κ1) is 19.9. The van der Waals surface area contributed by atoms with Crippen molar-refractivity contribution in [3.05, 3.63) is 29.5 Å². The second-order valence-corrected chi connectivity index (χ2v) is 7.13. The number of nitrogens with zero attached hydrogens (tertiary/aromatic N) is 1. The number of carboxylic acids is 1. The van der Waals surface area contributed by atoms with Crippen LogP contribution in [0.3, 0.4) is 0 Å². The number of carboxylic acid groups (broad SMARTS) is 1. The van der Waals surface area contributed by atoms with Crippen LogP contribution < -0.4 is 15.8 Å². The van der Waals surface area contributed by atoms with E-state index in [4.69, 9.17) is 15.2 Å². The molecular weight excluding hydrogens is 362 g/mol. The van der Waals surface area contributed by atoms with E-state index in [0.717, 1.165) is 0 Å². The summed E-state index contributed by atoms with van der Waals surface area (Å²) in [4.78, 5) is 28.2. The number of nitrogens with one attached hydrogen (secondary N) is 1. The molecule has 0 bridgehead atoms. The van der Waals surface area contributed by atoms with E-state index in [1.54, 1.807) is 25.1 Å². The molecule has 1 aliphatic rings. The Kier molecular flexibility index (Phi) is 5.69. The molecule has 150 valence electrons. The van der Waals surface area contributed by atoms with E-state index >= 15 is 0 Å². The summed E-state index contributed by atoms with van der Waals surface area (Å²) in [5, 5.41) is 12.8. The van der Waals surface area contributed by atoms with Crippen molar-refractivity contribution < 1.29 is 24.2 Å². The van der Waals surface area contributed by atoms with Gasteiger partial charge in [0.15, 0.2) is 0 Å². The van der Waals surface area contributed by atoms with Gasteiger partial charge in [-0.2, -0.15) is 0 Å². The number of ether oxygens (including phenoxy) is 2. The highest BCUT2D eigenvalue weighted by Gasteiger charge is 2.31. The molecule has 1 amide bonds. The van der Waals surface area contributed by atoms with Crippen LogP contribution in [0.25, 0.3) is 10.9 Å². The predicted molar refractivity (Wildman–Crippen MR) is 104 cm³/mol. The normalized spacial score (nSPS) is 20.1. The Hall–Kier alpha value is -2.87. The molecule has 0 aliphatic carbocycles. The summed E-state index contributed by atoms with van der Waals surface area (Å²) < 4.78 is 11.3. The zero-order valence-corrected chi connectivity index (χ0v) is 16.2. The number of rotatable bonds is 6. The second kappa shape index (κ2) is 8.02. The van der Waals surface area contributed by atoms with Gasteiger partial charge in [0.25, 0.3) is 0 Å². The lowest BCUT2D eigenvalue weighted by Gasteiger charge is -2.20. The van der Waals surface area contributed by atoms with Crippen LogP contribution in [-0.2, 0) is 9.53 Å². The minimum absolute atomic E-state index is 0.0277. The number of nitrogens with two attached hydrogens (primary N) is 1. The number of hydrogen-bond acceptors (Lipinski definition) is 6. The third-order valence-electron chi connectivity index (χ3n) is 5.00. The Morgan fingerprint density at radius 1 is 1.46 bits per heavy atom. The SMILES string of the molecule is Cc1nc2cccc(OCC(C)NC(=O)C3CCOC3C)c2c(N)c1C(=O)O. The summed E-state index contributed by atoms with van der Waals surface area (Å²) >= 11 is 0. The molecule has 0 radical (unpaired) electrons. The van der Waals surface area contributed by atoms with Crippen molar-refractivity contribution in [2.75, 3.05) is 18.9 Å². The molecule has 1 fully saturated rings. The summed E-state index contributed by atoms with van der Waals surface area (Å²) in [6, 6.07) is 4.99. The van der Waals surface area contributed by atoms with Crippen LogP contribution in [0.2, 0.25) is 0 Å². The Morgan fingerprint density at radius 2 is 2.21 bits per heavy atom. The molecule has 8 heteroatoms. The van der Waals surface area contributed by atoms with Gasteiger partial charge in [0.05, 0.1) is 40.3 Å². The van der Waals surface area contributed by atoms with Gasteiger partial charge < -0.3 is 25.6 Å². The number of aromatic nitrogens is 1. The Balaban J connectivity index is 1.76. The predicted octanol–water partition coefficient (Wildman–Crippen LogP) is 2.13. The molecule has 1 aromatic heterocycles. The third kappa shape index (κ3) is 3.87. The Morgan fingerprint density at radius 3 is 2.86 bits per heavy atom. The van der Waals surface area contributed by atoms with Crippen molar-refractivity contribution in [1.29, 1.82) is 0 Å². The lowest BCUT2D eigenvalue weighted by atomic mass is 10.0. The van der Waals surface area contributed by atoms with Crippen molar-refractivity contribution in [1.82, 2.24) is 10.3 Å².